The first-order chi connectivity index (χ1) is 7.11. The van der Waals surface area contributed by atoms with Gasteiger partial charge in [0, 0.05) is 0 Å². The van der Waals surface area contributed by atoms with Crippen LogP contribution in [0.3, 0.4) is 0 Å². The van der Waals surface area contributed by atoms with Crippen molar-refractivity contribution in [2.45, 2.75) is 26.9 Å². The first-order valence-electron chi connectivity index (χ1n) is 4.98. The molecule has 3 heteroatoms. The van der Waals surface area contributed by atoms with E-state index in [1.807, 2.05) is 45.0 Å². The van der Waals surface area contributed by atoms with Gasteiger partial charge in [-0.05, 0) is 31.9 Å². The van der Waals surface area contributed by atoms with Gasteiger partial charge in [-0.15, -0.1) is 0 Å². The van der Waals surface area contributed by atoms with Crippen molar-refractivity contribution in [2.24, 2.45) is 5.16 Å². The van der Waals surface area contributed by atoms with Crippen LogP contribution in [-0.4, -0.2) is 17.4 Å². The molecule has 0 saturated carbocycles. The number of hydrogen-bond acceptors (Lipinski definition) is 3. The molecule has 0 aliphatic heterocycles. The molecule has 1 aromatic rings. The predicted molar refractivity (Wildman–Crippen MR) is 60.9 cm³/mol. The van der Waals surface area contributed by atoms with Gasteiger partial charge in [0.2, 0.25) is 0 Å². The van der Waals surface area contributed by atoms with Crippen LogP contribution in [0, 0.1) is 6.92 Å². The molecule has 1 rings (SSSR count). The molecule has 3 nitrogen and oxygen atoms in total. The Labute approximate surface area is 90.4 Å². The summed E-state index contributed by atoms with van der Waals surface area (Å²) in [5, 5.41) is 13.6. The molecule has 0 aliphatic carbocycles. The highest BCUT2D eigenvalue weighted by atomic mass is 16.6. The number of hydrogen-bond donors (Lipinski definition) is 1. The lowest BCUT2D eigenvalue weighted by Gasteiger charge is -2.12. The molecule has 0 bridgehead atoms. The van der Waals surface area contributed by atoms with Crippen LogP contribution >= 0.6 is 0 Å². The fourth-order valence-electron chi connectivity index (χ4n) is 1.29. The topological polar surface area (TPSA) is 41.8 Å². The van der Waals surface area contributed by atoms with Gasteiger partial charge in [-0.3, -0.25) is 0 Å². The molecule has 1 N–H and O–H groups in total. The zero-order valence-corrected chi connectivity index (χ0v) is 9.40. The second-order valence-electron chi connectivity index (χ2n) is 3.71. The van der Waals surface area contributed by atoms with Crippen molar-refractivity contribution >= 4 is 5.71 Å². The van der Waals surface area contributed by atoms with Crippen molar-refractivity contribution in [3.8, 4) is 0 Å². The van der Waals surface area contributed by atoms with E-state index in [1.54, 1.807) is 0 Å². The van der Waals surface area contributed by atoms with E-state index in [4.69, 9.17) is 4.84 Å². The smallest absolute Gasteiger partial charge is 0.147 e. The van der Waals surface area contributed by atoms with Gasteiger partial charge in [-0.1, -0.05) is 29.4 Å². The average Bonchev–Trinajstić information content (AvgIpc) is 2.17. The van der Waals surface area contributed by atoms with Crippen molar-refractivity contribution in [3.63, 3.8) is 0 Å². The number of oxime groups is 1. The van der Waals surface area contributed by atoms with Gasteiger partial charge in [0.15, 0.2) is 0 Å². The third-order valence-corrected chi connectivity index (χ3v) is 2.03. The summed E-state index contributed by atoms with van der Waals surface area (Å²) >= 11 is 0. The van der Waals surface area contributed by atoms with Gasteiger partial charge < -0.3 is 9.94 Å². The summed E-state index contributed by atoms with van der Waals surface area (Å²) in [6.45, 7) is 5.85. The fourth-order valence-corrected chi connectivity index (χ4v) is 1.29. The minimum Gasteiger partial charge on any atom is -0.393 e. The first kappa shape index (κ1) is 11.7. The Morgan fingerprint density at radius 2 is 2.07 bits per heavy atom. The number of nitrogens with zero attached hydrogens (tertiary/aromatic N) is 1. The Morgan fingerprint density at radius 1 is 1.40 bits per heavy atom. The van der Waals surface area contributed by atoms with E-state index in [9.17, 15) is 5.11 Å². The van der Waals surface area contributed by atoms with Crippen LogP contribution < -0.4 is 0 Å². The molecule has 0 unspecified atom stereocenters. The van der Waals surface area contributed by atoms with Gasteiger partial charge in [0.1, 0.15) is 12.7 Å². The van der Waals surface area contributed by atoms with Crippen molar-refractivity contribution in [1.29, 1.82) is 0 Å². The van der Waals surface area contributed by atoms with Crippen LogP contribution in [0.4, 0.5) is 0 Å². The van der Waals surface area contributed by atoms with Crippen molar-refractivity contribution < 1.29 is 9.94 Å². The Hall–Kier alpha value is -1.35. The van der Waals surface area contributed by atoms with Gasteiger partial charge in [0.05, 0.1) is 5.71 Å². The monoisotopic (exact) mass is 207 g/mol. The number of benzene rings is 1. The van der Waals surface area contributed by atoms with Crippen LogP contribution in [0.2, 0.25) is 0 Å². The minimum atomic E-state index is -0.616. The molecule has 0 amide bonds. The lowest BCUT2D eigenvalue weighted by molar-refractivity contribution is 0.0390. The normalized spacial score (nSPS) is 12.0. The zero-order chi connectivity index (χ0) is 11.3. The molecule has 0 aliphatic rings. The Morgan fingerprint density at radius 3 is 2.67 bits per heavy atom. The highest BCUT2D eigenvalue weighted by Gasteiger charge is 2.09. The molecule has 0 saturated heterocycles. The van der Waals surface area contributed by atoms with Crippen molar-refractivity contribution in [1.82, 2.24) is 0 Å². The summed E-state index contributed by atoms with van der Waals surface area (Å²) in [4.78, 5) is 5.00. The number of aryl methyl sites for hydroxylation is 1. The summed E-state index contributed by atoms with van der Waals surface area (Å²) in [6, 6.07) is 7.71. The number of aliphatic hydroxyl groups is 1. The van der Waals surface area contributed by atoms with Crippen molar-refractivity contribution in [3.05, 3.63) is 35.4 Å². The maximum atomic E-state index is 9.82. The molecule has 0 heterocycles. The second-order valence-corrected chi connectivity index (χ2v) is 3.71. The van der Waals surface area contributed by atoms with E-state index in [2.05, 4.69) is 5.16 Å². The van der Waals surface area contributed by atoms with Gasteiger partial charge in [0.25, 0.3) is 0 Å². The van der Waals surface area contributed by atoms with Gasteiger partial charge in [-0.2, -0.15) is 0 Å². The molecule has 0 spiro atoms. The third-order valence-electron chi connectivity index (χ3n) is 2.03. The van der Waals surface area contributed by atoms with Crippen LogP contribution in [-0.2, 0) is 4.84 Å². The standard InChI is InChI=1S/C12H17NO2/c1-9(2)13-15-8-12(14)11-7-5-4-6-10(11)3/h4-7,12,14H,8H2,1-3H3/t12-/m1/s1. The summed E-state index contributed by atoms with van der Waals surface area (Å²) in [5.41, 5.74) is 2.79. The lowest BCUT2D eigenvalue weighted by atomic mass is 10.0. The van der Waals surface area contributed by atoms with E-state index in [0.717, 1.165) is 16.8 Å². The summed E-state index contributed by atoms with van der Waals surface area (Å²) in [6.07, 6.45) is -0.616. The molecule has 15 heavy (non-hydrogen) atoms. The van der Waals surface area contributed by atoms with Gasteiger partial charge >= 0.3 is 0 Å². The summed E-state index contributed by atoms with van der Waals surface area (Å²) in [7, 11) is 0. The molecule has 1 atom stereocenters. The van der Waals surface area contributed by atoms with Crippen LogP contribution in [0.5, 0.6) is 0 Å². The average molecular weight is 207 g/mol. The summed E-state index contributed by atoms with van der Waals surface area (Å²) in [5.74, 6) is 0. The van der Waals surface area contributed by atoms with E-state index >= 15 is 0 Å². The molecule has 82 valence electrons. The quantitative estimate of drug-likeness (QED) is 0.608. The van der Waals surface area contributed by atoms with E-state index in [1.165, 1.54) is 0 Å². The number of rotatable bonds is 4. The second kappa shape index (κ2) is 5.51. The van der Waals surface area contributed by atoms with E-state index in [-0.39, 0.29) is 6.61 Å². The SMILES string of the molecule is CC(C)=NOC[C@@H](O)c1ccccc1C. The third kappa shape index (κ3) is 3.72. The highest BCUT2D eigenvalue weighted by Crippen LogP contribution is 2.17. The maximum Gasteiger partial charge on any atom is 0.147 e. The maximum absolute atomic E-state index is 9.82. The van der Waals surface area contributed by atoms with E-state index in [0.29, 0.717) is 0 Å². The predicted octanol–water partition coefficient (Wildman–Crippen LogP) is 2.44. The Bertz CT molecular complexity index is 343. The number of aliphatic hydroxyl groups excluding tert-OH is 1. The zero-order valence-electron chi connectivity index (χ0n) is 9.40. The lowest BCUT2D eigenvalue weighted by Crippen LogP contribution is -2.06. The largest absolute Gasteiger partial charge is 0.393 e. The Kier molecular flexibility index (Phi) is 4.31. The molecule has 0 fully saturated rings. The molecular formula is C12H17NO2. The van der Waals surface area contributed by atoms with Crippen molar-refractivity contribution in [2.75, 3.05) is 6.61 Å². The molecule has 1 aromatic carbocycles. The van der Waals surface area contributed by atoms with Gasteiger partial charge in [-0.25, -0.2) is 0 Å². The summed E-state index contributed by atoms with van der Waals surface area (Å²) < 4.78 is 0. The van der Waals surface area contributed by atoms with Crippen LogP contribution in [0.1, 0.15) is 31.1 Å². The van der Waals surface area contributed by atoms with Crippen LogP contribution in [0.25, 0.3) is 0 Å². The fraction of sp³-hybridized carbons (Fsp3) is 0.417. The molecule has 0 aromatic heterocycles. The first-order valence-corrected chi connectivity index (χ1v) is 4.98. The minimum absolute atomic E-state index is 0.191. The van der Waals surface area contributed by atoms with E-state index < -0.39 is 6.10 Å². The molecule has 0 radical (unpaired) electrons. The van der Waals surface area contributed by atoms with Crippen LogP contribution in [0.15, 0.2) is 29.4 Å². The highest BCUT2D eigenvalue weighted by molar-refractivity contribution is 5.78. The Balaban J connectivity index is 2.58. The molecular weight excluding hydrogens is 190 g/mol.